The van der Waals surface area contributed by atoms with Crippen molar-refractivity contribution in [3.63, 3.8) is 0 Å². The van der Waals surface area contributed by atoms with Crippen LogP contribution in [-0.2, 0) is 0 Å². The molecule has 0 saturated heterocycles. The van der Waals surface area contributed by atoms with Crippen molar-refractivity contribution >= 4 is 55.7 Å². The molecule has 2 saturated carbocycles. The first-order valence-corrected chi connectivity index (χ1v) is 27.0. The third kappa shape index (κ3) is 8.85. The average Bonchev–Trinajstić information content (AvgIpc) is 4.25. The van der Waals surface area contributed by atoms with Gasteiger partial charge in [0, 0.05) is 44.3 Å². The molecule has 13 rings (SSSR count). The summed E-state index contributed by atoms with van der Waals surface area (Å²) in [5.74, 6) is 1.07. The zero-order chi connectivity index (χ0) is 49.2. The van der Waals surface area contributed by atoms with Crippen molar-refractivity contribution in [2.45, 2.75) is 63.2 Å². The lowest BCUT2D eigenvalue weighted by Gasteiger charge is -2.34. The van der Waals surface area contributed by atoms with Gasteiger partial charge in [0.05, 0.1) is 11.4 Å². The Morgan fingerprint density at radius 2 is 0.473 bits per heavy atom. The van der Waals surface area contributed by atoms with Crippen molar-refractivity contribution < 1.29 is 0 Å². The van der Waals surface area contributed by atoms with Crippen LogP contribution in [0.3, 0.4) is 0 Å². The fourth-order valence-corrected chi connectivity index (χ4v) is 12.3. The van der Waals surface area contributed by atoms with Crippen LogP contribution in [0.1, 0.15) is 74.3 Å². The van der Waals surface area contributed by atoms with Crippen LogP contribution in [0.5, 0.6) is 0 Å². The molecule has 0 bridgehead atoms. The maximum atomic E-state index is 2.59. The van der Waals surface area contributed by atoms with Gasteiger partial charge in [0.25, 0.3) is 0 Å². The Bertz CT molecular complexity index is 3250. The molecule has 0 N–H and O–H groups in total. The molecule has 358 valence electrons. The molecule has 2 fully saturated rings. The lowest BCUT2D eigenvalue weighted by atomic mass is 9.88. The lowest BCUT2D eigenvalue weighted by Crippen LogP contribution is -2.15. The number of rotatable bonds is 12. The van der Waals surface area contributed by atoms with Crippen LogP contribution < -0.4 is 9.80 Å². The molecule has 2 aliphatic rings. The second-order valence-corrected chi connectivity index (χ2v) is 20.6. The van der Waals surface area contributed by atoms with Crippen molar-refractivity contribution in [1.82, 2.24) is 0 Å². The van der Waals surface area contributed by atoms with E-state index in [9.17, 15) is 0 Å². The van der Waals surface area contributed by atoms with Gasteiger partial charge in [0.1, 0.15) is 0 Å². The number of benzene rings is 11. The van der Waals surface area contributed by atoms with Crippen LogP contribution in [0.15, 0.2) is 255 Å². The Kier molecular flexibility index (Phi) is 12.4. The lowest BCUT2D eigenvalue weighted by molar-refractivity contribution is 0.724. The van der Waals surface area contributed by atoms with Crippen molar-refractivity contribution in [3.8, 4) is 44.5 Å². The SMILES string of the molecule is c1ccc(-c2ccc(N(c3ccc(-c4ccccc4)cc3)c3c4ccc(C5CCCC5)cc4c(N(c4ccc(-c5ccccc5)cc4)c4ccc(-c5ccccc5)cc4)c4ccc(C5CCCC5)cc34)cc2)cc1. The molecule has 2 heteroatoms. The van der Waals surface area contributed by atoms with Gasteiger partial charge in [-0.2, -0.15) is 0 Å². The molecule has 74 heavy (non-hydrogen) atoms. The molecule has 0 radical (unpaired) electrons. The van der Waals surface area contributed by atoms with Gasteiger partial charge in [0.2, 0.25) is 0 Å². The minimum absolute atomic E-state index is 0.534. The first-order valence-electron chi connectivity index (χ1n) is 27.0. The summed E-state index contributed by atoms with van der Waals surface area (Å²) in [5, 5.41) is 5.00. The van der Waals surface area contributed by atoms with E-state index in [1.165, 1.54) is 140 Å². The van der Waals surface area contributed by atoms with Crippen LogP contribution in [0, 0.1) is 0 Å². The van der Waals surface area contributed by atoms with Crippen molar-refractivity contribution in [3.05, 3.63) is 266 Å². The highest BCUT2D eigenvalue weighted by Gasteiger charge is 2.29. The highest BCUT2D eigenvalue weighted by atomic mass is 15.2. The summed E-state index contributed by atoms with van der Waals surface area (Å²) in [6, 6.07) is 95.3. The molecule has 0 unspecified atom stereocenters. The van der Waals surface area contributed by atoms with Gasteiger partial charge < -0.3 is 9.80 Å². The predicted octanol–water partition coefficient (Wildman–Crippen LogP) is 20.9. The second-order valence-electron chi connectivity index (χ2n) is 20.6. The minimum atomic E-state index is 0.534. The van der Waals surface area contributed by atoms with E-state index < -0.39 is 0 Å². The van der Waals surface area contributed by atoms with E-state index in [-0.39, 0.29) is 0 Å². The Hall–Kier alpha value is -8.46. The second kappa shape index (κ2) is 20.2. The Labute approximate surface area is 436 Å². The van der Waals surface area contributed by atoms with Gasteiger partial charge in [-0.05, 0) is 154 Å². The first-order chi connectivity index (χ1) is 36.7. The van der Waals surface area contributed by atoms with Crippen LogP contribution in [0.4, 0.5) is 34.1 Å². The number of fused-ring (bicyclic) bond motifs is 2. The quantitative estimate of drug-likeness (QED) is 0.0889. The van der Waals surface area contributed by atoms with E-state index in [2.05, 4.69) is 265 Å². The zero-order valence-corrected chi connectivity index (χ0v) is 42.0. The Morgan fingerprint density at radius 1 is 0.230 bits per heavy atom. The summed E-state index contributed by atoms with van der Waals surface area (Å²) < 4.78 is 0. The molecule has 11 aromatic rings. The molecule has 0 heterocycles. The molecule has 11 aromatic carbocycles. The van der Waals surface area contributed by atoms with Crippen LogP contribution in [0.2, 0.25) is 0 Å². The number of hydrogen-bond donors (Lipinski definition) is 0. The fourth-order valence-electron chi connectivity index (χ4n) is 12.3. The molecule has 2 nitrogen and oxygen atoms in total. The molecule has 0 aliphatic heterocycles. The number of nitrogens with zero attached hydrogens (tertiary/aromatic N) is 2. The molecular weight excluding hydrogens is 893 g/mol. The van der Waals surface area contributed by atoms with E-state index in [0.29, 0.717) is 11.8 Å². The Balaban J connectivity index is 1.10. The third-order valence-corrected chi connectivity index (χ3v) is 16.1. The van der Waals surface area contributed by atoms with E-state index in [0.717, 1.165) is 22.7 Å². The largest absolute Gasteiger partial charge is 0.309 e. The van der Waals surface area contributed by atoms with Gasteiger partial charge in [-0.1, -0.05) is 220 Å². The predicted molar refractivity (Wildman–Crippen MR) is 315 cm³/mol. The van der Waals surface area contributed by atoms with Gasteiger partial charge >= 0.3 is 0 Å². The molecule has 0 atom stereocenters. The average molecular weight is 953 g/mol. The molecule has 0 aromatic heterocycles. The van der Waals surface area contributed by atoms with Crippen molar-refractivity contribution in [1.29, 1.82) is 0 Å². The maximum absolute atomic E-state index is 2.59. The smallest absolute Gasteiger partial charge is 0.0620 e. The standard InChI is InChI=1S/C72H60N2/c1-5-17-51(18-6-1)57-29-39-63(40-30-57)73(64-41-31-58(32-42-64)52-19-7-2-8-20-52)71-67-47-37-62(56-27-15-16-28-56)50-70(67)72(68-48-38-61(49-69(68)71)55-25-13-14-26-55)74(65-43-33-59(34-44-65)53-21-9-3-10-22-53)66-45-35-60(36-46-66)54-23-11-4-12-24-54/h1-12,17-24,29-50,55-56H,13-16,25-28H2. The van der Waals surface area contributed by atoms with E-state index in [1.54, 1.807) is 0 Å². The van der Waals surface area contributed by atoms with Crippen LogP contribution in [-0.4, -0.2) is 0 Å². The Morgan fingerprint density at radius 3 is 0.730 bits per heavy atom. The van der Waals surface area contributed by atoms with Crippen LogP contribution in [0.25, 0.3) is 66.1 Å². The van der Waals surface area contributed by atoms with Crippen molar-refractivity contribution in [2.24, 2.45) is 0 Å². The zero-order valence-electron chi connectivity index (χ0n) is 42.0. The van der Waals surface area contributed by atoms with Gasteiger partial charge in [0.15, 0.2) is 0 Å². The minimum Gasteiger partial charge on any atom is -0.309 e. The van der Waals surface area contributed by atoms with E-state index in [1.807, 2.05) is 0 Å². The maximum Gasteiger partial charge on any atom is 0.0620 e. The summed E-state index contributed by atoms with van der Waals surface area (Å²) in [6.45, 7) is 0. The third-order valence-electron chi connectivity index (χ3n) is 16.1. The molecular formula is C72H60N2. The molecule has 2 aliphatic carbocycles. The highest BCUT2D eigenvalue weighted by Crippen LogP contribution is 2.53. The van der Waals surface area contributed by atoms with E-state index in [4.69, 9.17) is 0 Å². The van der Waals surface area contributed by atoms with Crippen LogP contribution >= 0.6 is 0 Å². The monoisotopic (exact) mass is 952 g/mol. The first kappa shape index (κ1) is 45.4. The normalized spacial score (nSPS) is 13.9. The molecule has 0 spiro atoms. The van der Waals surface area contributed by atoms with Gasteiger partial charge in [-0.15, -0.1) is 0 Å². The summed E-state index contributed by atoms with van der Waals surface area (Å²) in [4.78, 5) is 5.14. The summed E-state index contributed by atoms with van der Waals surface area (Å²) in [5.41, 5.74) is 19.5. The molecule has 0 amide bonds. The number of anilines is 6. The van der Waals surface area contributed by atoms with E-state index >= 15 is 0 Å². The van der Waals surface area contributed by atoms with Gasteiger partial charge in [-0.3, -0.25) is 0 Å². The summed E-state index contributed by atoms with van der Waals surface area (Å²) in [7, 11) is 0. The van der Waals surface area contributed by atoms with Crippen molar-refractivity contribution in [2.75, 3.05) is 9.80 Å². The topological polar surface area (TPSA) is 6.48 Å². The van der Waals surface area contributed by atoms with Gasteiger partial charge in [-0.25, -0.2) is 0 Å². The fraction of sp³-hybridized carbons (Fsp3) is 0.139. The summed E-state index contributed by atoms with van der Waals surface area (Å²) in [6.07, 6.45) is 10.0. The summed E-state index contributed by atoms with van der Waals surface area (Å²) >= 11 is 0. The highest BCUT2D eigenvalue weighted by molar-refractivity contribution is 6.23. The number of hydrogen-bond acceptors (Lipinski definition) is 2.